The number of rotatable bonds is 4. The smallest absolute Gasteiger partial charge is 0.0501 e. The zero-order valence-corrected chi connectivity index (χ0v) is 9.62. The lowest BCUT2D eigenvalue weighted by Gasteiger charge is -2.17. The second kappa shape index (κ2) is 5.40. The van der Waals surface area contributed by atoms with Crippen LogP contribution in [0.15, 0.2) is 30.3 Å². The highest BCUT2D eigenvalue weighted by Crippen LogP contribution is 2.30. The average Bonchev–Trinajstić information content (AvgIpc) is 2.18. The van der Waals surface area contributed by atoms with Gasteiger partial charge in [0.15, 0.2) is 0 Å². The molecule has 13 heavy (non-hydrogen) atoms. The average molecular weight is 243 g/mol. The van der Waals surface area contributed by atoms with Crippen LogP contribution in [0.1, 0.15) is 17.3 Å². The van der Waals surface area contributed by atoms with Crippen molar-refractivity contribution < 1.29 is 4.74 Å². The Balaban J connectivity index is 2.62. The fraction of sp³-hybridized carbons (Fsp3) is 0.455. The van der Waals surface area contributed by atoms with Gasteiger partial charge in [-0.1, -0.05) is 53.2 Å². The largest absolute Gasteiger partial charge is 0.384 e. The van der Waals surface area contributed by atoms with Gasteiger partial charge in [0.1, 0.15) is 0 Å². The first-order chi connectivity index (χ1) is 6.25. The molecule has 0 fully saturated rings. The van der Waals surface area contributed by atoms with E-state index < -0.39 is 0 Å². The van der Waals surface area contributed by atoms with Gasteiger partial charge in [0, 0.05) is 11.9 Å². The molecule has 1 aromatic rings. The van der Waals surface area contributed by atoms with Gasteiger partial charge in [-0.3, -0.25) is 0 Å². The maximum Gasteiger partial charge on any atom is 0.0501 e. The van der Waals surface area contributed by atoms with Gasteiger partial charge in [-0.25, -0.2) is 0 Å². The van der Waals surface area contributed by atoms with Crippen molar-refractivity contribution in [2.45, 2.75) is 11.8 Å². The summed E-state index contributed by atoms with van der Waals surface area (Å²) in [5.74, 6) is 0.493. The molecule has 1 rings (SSSR count). The Morgan fingerprint density at radius 2 is 1.92 bits per heavy atom. The number of alkyl halides is 1. The Bertz CT molecular complexity index is 235. The Hall–Kier alpha value is -0.340. The van der Waals surface area contributed by atoms with Crippen LogP contribution >= 0.6 is 15.9 Å². The van der Waals surface area contributed by atoms with E-state index in [1.165, 1.54) is 5.56 Å². The first-order valence-electron chi connectivity index (χ1n) is 4.43. The van der Waals surface area contributed by atoms with E-state index in [-0.39, 0.29) is 0 Å². The number of methoxy groups -OCH3 is 1. The van der Waals surface area contributed by atoms with Crippen LogP contribution in [0.2, 0.25) is 0 Å². The molecule has 0 bridgehead atoms. The highest BCUT2D eigenvalue weighted by atomic mass is 79.9. The van der Waals surface area contributed by atoms with Crippen LogP contribution in [-0.2, 0) is 4.74 Å². The second-order valence-corrected chi connectivity index (χ2v) is 4.23. The fourth-order valence-corrected chi connectivity index (χ4v) is 1.77. The minimum atomic E-state index is 0.383. The van der Waals surface area contributed by atoms with Crippen molar-refractivity contribution in [3.8, 4) is 0 Å². The highest BCUT2D eigenvalue weighted by Gasteiger charge is 2.14. The minimum absolute atomic E-state index is 0.383. The van der Waals surface area contributed by atoms with Gasteiger partial charge in [-0.2, -0.15) is 0 Å². The monoisotopic (exact) mass is 242 g/mol. The predicted octanol–water partition coefficient (Wildman–Crippen LogP) is 3.41. The molecule has 72 valence electrons. The molecule has 1 nitrogen and oxygen atoms in total. The molecule has 0 aliphatic heterocycles. The van der Waals surface area contributed by atoms with Crippen LogP contribution in [0, 0.1) is 5.92 Å². The molecular formula is C11H15BrO. The molecule has 2 heteroatoms. The van der Waals surface area contributed by atoms with E-state index in [1.54, 1.807) is 7.11 Å². The molecule has 0 radical (unpaired) electrons. The van der Waals surface area contributed by atoms with Gasteiger partial charge >= 0.3 is 0 Å². The van der Waals surface area contributed by atoms with Gasteiger partial charge in [-0.05, 0) is 11.5 Å². The van der Waals surface area contributed by atoms with E-state index in [9.17, 15) is 0 Å². The zero-order chi connectivity index (χ0) is 9.68. The summed E-state index contributed by atoms with van der Waals surface area (Å²) >= 11 is 3.67. The molecule has 0 amide bonds. The second-order valence-electron chi connectivity index (χ2n) is 3.25. The topological polar surface area (TPSA) is 9.23 Å². The van der Waals surface area contributed by atoms with Crippen molar-refractivity contribution in [1.29, 1.82) is 0 Å². The number of benzene rings is 1. The lowest BCUT2D eigenvalue weighted by atomic mass is 10.0. The number of hydrogen-bond donors (Lipinski definition) is 0. The minimum Gasteiger partial charge on any atom is -0.384 e. The molecular weight excluding hydrogens is 228 g/mol. The molecule has 0 aromatic heterocycles. The zero-order valence-electron chi connectivity index (χ0n) is 8.03. The van der Waals surface area contributed by atoms with Crippen molar-refractivity contribution in [3.05, 3.63) is 35.9 Å². The van der Waals surface area contributed by atoms with E-state index in [2.05, 4.69) is 47.1 Å². The lowest BCUT2D eigenvalue weighted by molar-refractivity contribution is 0.159. The Morgan fingerprint density at radius 1 is 1.31 bits per heavy atom. The molecule has 2 atom stereocenters. The summed E-state index contributed by atoms with van der Waals surface area (Å²) in [6.45, 7) is 2.96. The van der Waals surface area contributed by atoms with Crippen LogP contribution in [0.4, 0.5) is 0 Å². The third-order valence-corrected chi connectivity index (χ3v) is 3.48. The summed E-state index contributed by atoms with van der Waals surface area (Å²) in [4.78, 5) is 0.383. The third kappa shape index (κ3) is 3.12. The first kappa shape index (κ1) is 10.7. The summed E-state index contributed by atoms with van der Waals surface area (Å²) in [5, 5.41) is 0. The first-order valence-corrected chi connectivity index (χ1v) is 5.35. The van der Waals surface area contributed by atoms with Crippen LogP contribution in [0.3, 0.4) is 0 Å². The van der Waals surface area contributed by atoms with Gasteiger partial charge in [0.25, 0.3) is 0 Å². The molecule has 0 N–H and O–H groups in total. The van der Waals surface area contributed by atoms with Crippen molar-refractivity contribution in [1.82, 2.24) is 0 Å². The molecule has 0 aliphatic carbocycles. The molecule has 0 saturated heterocycles. The standard InChI is InChI=1S/C11H15BrO/c1-9(8-13-2)11(12)10-6-4-3-5-7-10/h3-7,9,11H,8H2,1-2H3. The number of hydrogen-bond acceptors (Lipinski definition) is 1. The van der Waals surface area contributed by atoms with Crippen molar-refractivity contribution >= 4 is 15.9 Å². The highest BCUT2D eigenvalue weighted by molar-refractivity contribution is 9.09. The number of ether oxygens (including phenoxy) is 1. The summed E-state index contributed by atoms with van der Waals surface area (Å²) < 4.78 is 5.12. The Morgan fingerprint density at radius 3 is 2.46 bits per heavy atom. The molecule has 1 aromatic carbocycles. The molecule has 0 heterocycles. The van der Waals surface area contributed by atoms with Crippen LogP contribution in [-0.4, -0.2) is 13.7 Å². The van der Waals surface area contributed by atoms with E-state index in [4.69, 9.17) is 4.74 Å². The summed E-state index contributed by atoms with van der Waals surface area (Å²) in [7, 11) is 1.74. The van der Waals surface area contributed by atoms with Crippen molar-refractivity contribution in [3.63, 3.8) is 0 Å². The van der Waals surface area contributed by atoms with Gasteiger partial charge < -0.3 is 4.74 Å². The third-order valence-electron chi connectivity index (χ3n) is 2.05. The van der Waals surface area contributed by atoms with Crippen LogP contribution in [0.25, 0.3) is 0 Å². The van der Waals surface area contributed by atoms with Gasteiger partial charge in [-0.15, -0.1) is 0 Å². The molecule has 0 spiro atoms. The predicted molar refractivity (Wildman–Crippen MR) is 59.2 cm³/mol. The maximum atomic E-state index is 5.12. The van der Waals surface area contributed by atoms with E-state index >= 15 is 0 Å². The van der Waals surface area contributed by atoms with Crippen molar-refractivity contribution in [2.24, 2.45) is 5.92 Å². The van der Waals surface area contributed by atoms with Gasteiger partial charge in [0.2, 0.25) is 0 Å². The van der Waals surface area contributed by atoms with Gasteiger partial charge in [0.05, 0.1) is 6.61 Å². The Kier molecular flexibility index (Phi) is 4.46. The quantitative estimate of drug-likeness (QED) is 0.736. The fourth-order valence-electron chi connectivity index (χ4n) is 1.31. The summed E-state index contributed by atoms with van der Waals surface area (Å²) in [5.41, 5.74) is 1.31. The van der Waals surface area contributed by atoms with E-state index in [0.29, 0.717) is 10.7 Å². The molecule has 0 saturated carbocycles. The van der Waals surface area contributed by atoms with Crippen molar-refractivity contribution in [2.75, 3.05) is 13.7 Å². The van der Waals surface area contributed by atoms with Crippen LogP contribution < -0.4 is 0 Å². The molecule has 2 unspecified atom stereocenters. The summed E-state index contributed by atoms with van der Waals surface area (Å²) in [6.07, 6.45) is 0. The normalized spacial score (nSPS) is 15.3. The lowest BCUT2D eigenvalue weighted by Crippen LogP contribution is -2.09. The van der Waals surface area contributed by atoms with Crippen LogP contribution in [0.5, 0.6) is 0 Å². The SMILES string of the molecule is COCC(C)C(Br)c1ccccc1. The summed E-state index contributed by atoms with van der Waals surface area (Å²) in [6, 6.07) is 10.4. The maximum absolute atomic E-state index is 5.12. The number of halogens is 1. The Labute approximate surface area is 88.2 Å². The van der Waals surface area contributed by atoms with E-state index in [0.717, 1.165) is 6.61 Å². The molecule has 0 aliphatic rings. The van der Waals surface area contributed by atoms with E-state index in [1.807, 2.05) is 6.07 Å².